The minimum Gasteiger partial charge on any atom is -0.457 e. The Labute approximate surface area is 181 Å². The fraction of sp³-hybridized carbons (Fsp3) is 0.231. The van der Waals surface area contributed by atoms with E-state index in [4.69, 9.17) is 4.74 Å². The molecule has 1 aliphatic carbocycles. The Morgan fingerprint density at radius 2 is 1.77 bits per heavy atom. The van der Waals surface area contributed by atoms with Crippen molar-refractivity contribution >= 4 is 5.91 Å². The minimum absolute atomic E-state index is 0.0788. The summed E-state index contributed by atoms with van der Waals surface area (Å²) in [4.78, 5) is 14.7. The van der Waals surface area contributed by atoms with Crippen LogP contribution < -0.4 is 10.1 Å². The maximum Gasteiger partial charge on any atom is 0.251 e. The smallest absolute Gasteiger partial charge is 0.251 e. The normalized spacial score (nSPS) is 21.5. The van der Waals surface area contributed by atoms with Gasteiger partial charge in [0.25, 0.3) is 5.91 Å². The highest BCUT2D eigenvalue weighted by Gasteiger charge is 2.54. The first-order valence-corrected chi connectivity index (χ1v) is 10.6. The van der Waals surface area contributed by atoms with Gasteiger partial charge in [0.15, 0.2) is 6.19 Å². The van der Waals surface area contributed by atoms with E-state index in [-0.39, 0.29) is 11.4 Å². The van der Waals surface area contributed by atoms with Gasteiger partial charge in [0.1, 0.15) is 11.5 Å². The molecule has 1 heterocycles. The highest BCUT2D eigenvalue weighted by Crippen LogP contribution is 2.44. The number of benzene rings is 3. The summed E-state index contributed by atoms with van der Waals surface area (Å²) in [7, 11) is 0. The van der Waals surface area contributed by atoms with E-state index >= 15 is 0 Å². The molecule has 31 heavy (non-hydrogen) atoms. The van der Waals surface area contributed by atoms with E-state index in [9.17, 15) is 10.1 Å². The van der Waals surface area contributed by atoms with E-state index < -0.39 is 0 Å². The van der Waals surface area contributed by atoms with Crippen molar-refractivity contribution in [3.05, 3.63) is 84.4 Å². The maximum absolute atomic E-state index is 12.9. The van der Waals surface area contributed by atoms with Crippen LogP contribution >= 0.6 is 0 Å². The maximum atomic E-state index is 12.9. The molecule has 0 radical (unpaired) electrons. The molecule has 1 aliphatic heterocycles. The number of likely N-dealkylation sites (tertiary alicyclic amines) is 1. The van der Waals surface area contributed by atoms with E-state index in [1.165, 1.54) is 0 Å². The van der Waals surface area contributed by atoms with Crippen molar-refractivity contribution in [1.29, 1.82) is 5.26 Å². The predicted molar refractivity (Wildman–Crippen MR) is 119 cm³/mol. The molecule has 1 N–H and O–H groups in total. The largest absolute Gasteiger partial charge is 0.457 e. The molecule has 1 amide bonds. The van der Waals surface area contributed by atoms with Gasteiger partial charge in [0.05, 0.1) is 12.1 Å². The topological polar surface area (TPSA) is 65.4 Å². The van der Waals surface area contributed by atoms with Gasteiger partial charge in [0, 0.05) is 23.6 Å². The molecule has 1 saturated carbocycles. The molecule has 3 aromatic carbocycles. The van der Waals surface area contributed by atoms with E-state index in [0.717, 1.165) is 42.0 Å². The molecule has 1 saturated heterocycles. The standard InChI is InChI=1S/C26H23N3O2/c27-18-29-16-21-14-15-26(21,17-29)28-25(30)20-12-10-19(11-13-20)23-8-4-5-9-24(23)31-22-6-2-1-3-7-22/h1-13,21H,14-17H2,(H,28,30)/t21?,26-/m0/s1. The quantitative estimate of drug-likeness (QED) is 0.614. The number of para-hydroxylation sites is 2. The molecule has 2 fully saturated rings. The zero-order valence-electron chi connectivity index (χ0n) is 17.1. The Morgan fingerprint density at radius 3 is 2.48 bits per heavy atom. The number of ether oxygens (including phenoxy) is 1. The molecular formula is C26H23N3O2. The molecule has 154 valence electrons. The van der Waals surface area contributed by atoms with Gasteiger partial charge >= 0.3 is 0 Å². The van der Waals surface area contributed by atoms with Crippen LogP contribution in [0.4, 0.5) is 0 Å². The lowest BCUT2D eigenvalue weighted by molar-refractivity contribution is 0.0762. The van der Waals surface area contributed by atoms with Crippen LogP contribution in [0.1, 0.15) is 23.2 Å². The fourth-order valence-corrected chi connectivity index (χ4v) is 4.63. The molecule has 2 aliphatic rings. The second-order valence-electron chi connectivity index (χ2n) is 8.32. The van der Waals surface area contributed by atoms with Crippen molar-refractivity contribution in [2.75, 3.05) is 13.1 Å². The minimum atomic E-state index is -0.248. The van der Waals surface area contributed by atoms with Gasteiger partial charge in [-0.25, -0.2) is 0 Å². The number of carbonyl (C=O) groups is 1. The molecule has 1 unspecified atom stereocenters. The Balaban J connectivity index is 1.33. The van der Waals surface area contributed by atoms with E-state index in [0.29, 0.717) is 18.0 Å². The van der Waals surface area contributed by atoms with Crippen LogP contribution in [0.2, 0.25) is 0 Å². The molecule has 5 nitrogen and oxygen atoms in total. The van der Waals surface area contributed by atoms with Crippen molar-refractivity contribution in [2.45, 2.75) is 18.4 Å². The van der Waals surface area contributed by atoms with Gasteiger partial charge in [-0.1, -0.05) is 48.5 Å². The van der Waals surface area contributed by atoms with Crippen LogP contribution in [0.15, 0.2) is 78.9 Å². The zero-order chi connectivity index (χ0) is 21.3. The van der Waals surface area contributed by atoms with Crippen LogP contribution in [0.5, 0.6) is 11.5 Å². The average Bonchev–Trinajstić information content (AvgIpc) is 3.05. The first-order valence-electron chi connectivity index (χ1n) is 10.6. The number of nitriles is 1. The van der Waals surface area contributed by atoms with Gasteiger partial charge < -0.3 is 15.0 Å². The summed E-state index contributed by atoms with van der Waals surface area (Å²) < 4.78 is 6.07. The molecular weight excluding hydrogens is 386 g/mol. The third-order valence-electron chi connectivity index (χ3n) is 6.45. The summed E-state index contributed by atoms with van der Waals surface area (Å²) in [6.45, 7) is 1.36. The van der Waals surface area contributed by atoms with E-state index in [1.807, 2.05) is 78.9 Å². The van der Waals surface area contributed by atoms with Gasteiger partial charge in [-0.05, 0) is 48.7 Å². The molecule has 2 atom stereocenters. The third-order valence-corrected chi connectivity index (χ3v) is 6.45. The second-order valence-corrected chi connectivity index (χ2v) is 8.32. The van der Waals surface area contributed by atoms with Crippen LogP contribution in [0.25, 0.3) is 11.1 Å². The van der Waals surface area contributed by atoms with Gasteiger partial charge in [-0.3, -0.25) is 4.79 Å². The highest BCUT2D eigenvalue weighted by molar-refractivity contribution is 5.95. The number of carbonyl (C=O) groups excluding carboxylic acids is 1. The molecule has 3 aromatic rings. The number of nitrogens with zero attached hydrogens (tertiary/aromatic N) is 2. The summed E-state index contributed by atoms with van der Waals surface area (Å²) in [5.74, 6) is 1.84. The van der Waals surface area contributed by atoms with E-state index in [1.54, 1.807) is 4.90 Å². The number of rotatable bonds is 5. The van der Waals surface area contributed by atoms with Crippen molar-refractivity contribution < 1.29 is 9.53 Å². The molecule has 0 aromatic heterocycles. The van der Waals surface area contributed by atoms with Crippen LogP contribution in [-0.4, -0.2) is 29.4 Å². The second kappa shape index (κ2) is 7.81. The first kappa shape index (κ1) is 19.2. The SMILES string of the molecule is N#CN1CC2CC[C@]2(NC(=O)c2ccc(-c3ccccc3Oc3ccccc3)cc2)C1. The molecule has 5 rings (SSSR count). The van der Waals surface area contributed by atoms with Crippen molar-refractivity contribution in [3.63, 3.8) is 0 Å². The first-order chi connectivity index (χ1) is 15.2. The van der Waals surface area contributed by atoms with Crippen molar-refractivity contribution in [3.8, 4) is 28.8 Å². The summed E-state index contributed by atoms with van der Waals surface area (Å²) in [5.41, 5.74) is 2.33. The molecule has 0 bridgehead atoms. The van der Waals surface area contributed by atoms with E-state index in [2.05, 4.69) is 11.5 Å². The summed E-state index contributed by atoms with van der Waals surface area (Å²) >= 11 is 0. The lowest BCUT2D eigenvalue weighted by Gasteiger charge is -2.44. The van der Waals surface area contributed by atoms with Gasteiger partial charge in [-0.2, -0.15) is 5.26 Å². The lowest BCUT2D eigenvalue weighted by Crippen LogP contribution is -2.60. The predicted octanol–water partition coefficient (Wildman–Crippen LogP) is 4.82. The number of hydrogen-bond donors (Lipinski definition) is 1. The van der Waals surface area contributed by atoms with Crippen LogP contribution in [0, 0.1) is 17.4 Å². The van der Waals surface area contributed by atoms with Crippen LogP contribution in [0.3, 0.4) is 0 Å². The Bertz CT molecular complexity index is 1140. The highest BCUT2D eigenvalue weighted by atomic mass is 16.5. The lowest BCUT2D eigenvalue weighted by atomic mass is 9.69. The number of fused-ring (bicyclic) bond motifs is 1. The van der Waals surface area contributed by atoms with Gasteiger partial charge in [0.2, 0.25) is 0 Å². The number of nitrogens with one attached hydrogen (secondary N) is 1. The Morgan fingerprint density at radius 1 is 1.03 bits per heavy atom. The molecule has 0 spiro atoms. The summed E-state index contributed by atoms with van der Waals surface area (Å²) in [6.07, 6.45) is 4.22. The average molecular weight is 409 g/mol. The monoisotopic (exact) mass is 409 g/mol. The fourth-order valence-electron chi connectivity index (χ4n) is 4.63. The number of amides is 1. The summed E-state index contributed by atoms with van der Waals surface area (Å²) in [6, 6.07) is 25.2. The Kier molecular flexibility index (Phi) is 4.83. The van der Waals surface area contributed by atoms with Crippen molar-refractivity contribution in [1.82, 2.24) is 10.2 Å². The third kappa shape index (κ3) is 3.62. The van der Waals surface area contributed by atoms with Gasteiger partial charge in [-0.15, -0.1) is 0 Å². The zero-order valence-corrected chi connectivity index (χ0v) is 17.1. The van der Waals surface area contributed by atoms with Crippen LogP contribution in [-0.2, 0) is 0 Å². The Hall–Kier alpha value is -3.78. The summed E-state index contributed by atoms with van der Waals surface area (Å²) in [5, 5.41) is 12.4. The number of hydrogen-bond acceptors (Lipinski definition) is 4. The molecule has 5 heteroatoms. The van der Waals surface area contributed by atoms with Crippen molar-refractivity contribution in [2.24, 2.45) is 5.92 Å².